The van der Waals surface area contributed by atoms with Gasteiger partial charge in [0.1, 0.15) is 10.7 Å². The summed E-state index contributed by atoms with van der Waals surface area (Å²) < 4.78 is 1.81. The van der Waals surface area contributed by atoms with E-state index >= 15 is 0 Å². The second kappa shape index (κ2) is 8.29. The summed E-state index contributed by atoms with van der Waals surface area (Å²) in [6.45, 7) is 7.74. The maximum atomic E-state index is 13.0. The Morgan fingerprint density at radius 1 is 1.33 bits per heavy atom. The van der Waals surface area contributed by atoms with Gasteiger partial charge in [0, 0.05) is 26.6 Å². The molecule has 2 aromatic heterocycles. The van der Waals surface area contributed by atoms with Gasteiger partial charge in [-0.1, -0.05) is 20.3 Å². The summed E-state index contributed by atoms with van der Waals surface area (Å²) in [6.07, 6.45) is 4.02. The van der Waals surface area contributed by atoms with Crippen molar-refractivity contribution in [3.05, 3.63) is 26.6 Å². The number of thiophene rings is 1. The smallest absolute Gasteiger partial charge is 0.264 e. The van der Waals surface area contributed by atoms with E-state index in [-0.39, 0.29) is 29.3 Å². The molecule has 0 atom stereocenters. The van der Waals surface area contributed by atoms with Crippen LogP contribution in [0.4, 0.5) is 0 Å². The standard InChI is InChI=1S/C19H28N4O2S.ClH/c1-12-14-16(21-13-8-6-5-7-9-23(13)17(14)24)26-15(12)18(25)22(4)11-19(2,3)10-20;/h5-11,20H2,1-4H3;1H. The Morgan fingerprint density at radius 2 is 2.04 bits per heavy atom. The highest BCUT2D eigenvalue weighted by Gasteiger charge is 2.26. The molecule has 0 fully saturated rings. The molecule has 1 aliphatic heterocycles. The van der Waals surface area contributed by atoms with Crippen molar-refractivity contribution in [1.82, 2.24) is 14.5 Å². The van der Waals surface area contributed by atoms with Crippen LogP contribution in [0.15, 0.2) is 4.79 Å². The SMILES string of the molecule is Cc1c(C(=O)N(C)CC(C)(C)CN)sc2nc3n(c(=O)c12)CCCCC3.Cl. The molecule has 0 unspecified atom stereocenters. The number of nitrogens with two attached hydrogens (primary N) is 1. The van der Waals surface area contributed by atoms with Crippen LogP contribution >= 0.6 is 23.7 Å². The Hall–Kier alpha value is -1.44. The van der Waals surface area contributed by atoms with Crippen molar-refractivity contribution in [3.8, 4) is 0 Å². The first kappa shape index (κ1) is 21.9. The zero-order valence-electron chi connectivity index (χ0n) is 16.5. The van der Waals surface area contributed by atoms with E-state index in [0.717, 1.165) is 43.6 Å². The van der Waals surface area contributed by atoms with Crippen molar-refractivity contribution in [1.29, 1.82) is 0 Å². The summed E-state index contributed by atoms with van der Waals surface area (Å²) in [5.41, 5.74) is 6.41. The Morgan fingerprint density at radius 3 is 2.70 bits per heavy atom. The van der Waals surface area contributed by atoms with Gasteiger partial charge in [-0.15, -0.1) is 23.7 Å². The molecule has 0 radical (unpaired) electrons. The maximum Gasteiger partial charge on any atom is 0.264 e. The number of rotatable bonds is 4. The minimum atomic E-state index is -0.149. The highest BCUT2D eigenvalue weighted by Crippen LogP contribution is 2.30. The number of fused-ring (bicyclic) bond motifs is 2. The fourth-order valence-corrected chi connectivity index (χ4v) is 4.75. The van der Waals surface area contributed by atoms with E-state index in [1.165, 1.54) is 11.3 Å². The number of aryl methyl sites for hydroxylation is 2. The van der Waals surface area contributed by atoms with Gasteiger partial charge in [0.25, 0.3) is 11.5 Å². The molecule has 3 heterocycles. The van der Waals surface area contributed by atoms with E-state index in [9.17, 15) is 9.59 Å². The van der Waals surface area contributed by atoms with Crippen LogP contribution in [0.3, 0.4) is 0 Å². The lowest BCUT2D eigenvalue weighted by Gasteiger charge is -2.28. The molecule has 1 aliphatic rings. The topological polar surface area (TPSA) is 81.2 Å². The van der Waals surface area contributed by atoms with Crippen LogP contribution < -0.4 is 11.3 Å². The Kier molecular flexibility index (Phi) is 6.71. The van der Waals surface area contributed by atoms with Gasteiger partial charge in [0.05, 0.1) is 10.3 Å². The summed E-state index contributed by atoms with van der Waals surface area (Å²) in [5.74, 6) is 0.796. The Labute approximate surface area is 170 Å². The highest BCUT2D eigenvalue weighted by atomic mass is 35.5. The third-order valence-electron chi connectivity index (χ3n) is 5.17. The number of carbonyl (C=O) groups is 1. The fraction of sp³-hybridized carbons (Fsp3) is 0.632. The molecule has 1 amide bonds. The van der Waals surface area contributed by atoms with Gasteiger partial charge in [-0.05, 0) is 37.3 Å². The number of halogens is 1. The predicted octanol–water partition coefficient (Wildman–Crippen LogP) is 2.97. The molecular weight excluding hydrogens is 384 g/mol. The average molecular weight is 413 g/mol. The van der Waals surface area contributed by atoms with Gasteiger partial charge in [-0.25, -0.2) is 4.98 Å². The monoisotopic (exact) mass is 412 g/mol. The Balaban J connectivity index is 0.00000261. The summed E-state index contributed by atoms with van der Waals surface area (Å²) in [7, 11) is 1.79. The average Bonchev–Trinajstić information content (AvgIpc) is 2.77. The lowest BCUT2D eigenvalue weighted by atomic mass is 9.93. The van der Waals surface area contributed by atoms with Crippen LogP contribution in [0.5, 0.6) is 0 Å². The van der Waals surface area contributed by atoms with Gasteiger partial charge in [-0.3, -0.25) is 14.2 Å². The van der Waals surface area contributed by atoms with Crippen molar-refractivity contribution in [2.75, 3.05) is 20.1 Å². The first-order chi connectivity index (χ1) is 12.2. The molecule has 2 N–H and O–H groups in total. The largest absolute Gasteiger partial charge is 0.340 e. The van der Waals surface area contributed by atoms with Crippen LogP contribution in [-0.4, -0.2) is 40.5 Å². The maximum absolute atomic E-state index is 13.0. The summed E-state index contributed by atoms with van der Waals surface area (Å²) in [6, 6.07) is 0. The van der Waals surface area contributed by atoms with E-state index in [1.807, 2.05) is 25.3 Å². The zero-order valence-corrected chi connectivity index (χ0v) is 18.1. The molecular formula is C19H29ClN4O2S. The van der Waals surface area contributed by atoms with Gasteiger partial charge < -0.3 is 10.6 Å². The number of carbonyl (C=O) groups excluding carboxylic acids is 1. The number of hydrogen-bond donors (Lipinski definition) is 1. The molecule has 27 heavy (non-hydrogen) atoms. The second-order valence-electron chi connectivity index (χ2n) is 8.06. The summed E-state index contributed by atoms with van der Waals surface area (Å²) in [5, 5.41) is 0.607. The molecule has 0 aromatic carbocycles. The van der Waals surface area contributed by atoms with Gasteiger partial charge >= 0.3 is 0 Å². The second-order valence-corrected chi connectivity index (χ2v) is 9.06. The van der Waals surface area contributed by atoms with E-state index in [1.54, 1.807) is 11.9 Å². The minimum absolute atomic E-state index is 0. The van der Waals surface area contributed by atoms with Crippen LogP contribution in [-0.2, 0) is 13.0 Å². The normalized spacial score (nSPS) is 14.4. The van der Waals surface area contributed by atoms with E-state index in [4.69, 9.17) is 10.7 Å². The Bertz CT molecular complexity index is 903. The van der Waals surface area contributed by atoms with Gasteiger partial charge in [0.15, 0.2) is 0 Å². The van der Waals surface area contributed by atoms with Gasteiger partial charge in [0.2, 0.25) is 0 Å². The number of nitrogens with zero attached hydrogens (tertiary/aromatic N) is 3. The van der Waals surface area contributed by atoms with Crippen molar-refractivity contribution < 1.29 is 4.79 Å². The molecule has 0 saturated carbocycles. The molecule has 3 rings (SSSR count). The molecule has 2 aromatic rings. The fourth-order valence-electron chi connectivity index (χ4n) is 3.57. The number of hydrogen-bond acceptors (Lipinski definition) is 5. The van der Waals surface area contributed by atoms with Crippen LogP contribution in [0.2, 0.25) is 0 Å². The van der Waals surface area contributed by atoms with Crippen LogP contribution in [0.25, 0.3) is 10.2 Å². The molecule has 6 nitrogen and oxygen atoms in total. The van der Waals surface area contributed by atoms with Crippen molar-refractivity contribution >= 4 is 39.9 Å². The minimum Gasteiger partial charge on any atom is -0.340 e. The molecule has 0 saturated heterocycles. The molecule has 8 heteroatoms. The van der Waals surface area contributed by atoms with Crippen molar-refractivity contribution in [2.45, 2.75) is 53.0 Å². The summed E-state index contributed by atoms with van der Waals surface area (Å²) in [4.78, 5) is 33.7. The van der Waals surface area contributed by atoms with Crippen molar-refractivity contribution in [3.63, 3.8) is 0 Å². The zero-order chi connectivity index (χ0) is 19.1. The molecule has 0 bridgehead atoms. The van der Waals surface area contributed by atoms with Crippen molar-refractivity contribution in [2.24, 2.45) is 11.1 Å². The third kappa shape index (κ3) is 4.20. The number of aromatic nitrogens is 2. The van der Waals surface area contributed by atoms with E-state index in [2.05, 4.69) is 0 Å². The first-order valence-electron chi connectivity index (χ1n) is 9.23. The predicted molar refractivity (Wildman–Crippen MR) is 113 cm³/mol. The third-order valence-corrected chi connectivity index (χ3v) is 6.34. The molecule has 0 aliphatic carbocycles. The molecule has 150 valence electrons. The van der Waals surface area contributed by atoms with E-state index < -0.39 is 0 Å². The van der Waals surface area contributed by atoms with Crippen LogP contribution in [0.1, 0.15) is 54.2 Å². The quantitative estimate of drug-likeness (QED) is 0.836. The molecule has 0 spiro atoms. The lowest BCUT2D eigenvalue weighted by molar-refractivity contribution is 0.0745. The summed E-state index contributed by atoms with van der Waals surface area (Å²) >= 11 is 1.34. The van der Waals surface area contributed by atoms with E-state index in [0.29, 0.717) is 28.2 Å². The number of amides is 1. The highest BCUT2D eigenvalue weighted by molar-refractivity contribution is 7.20. The lowest BCUT2D eigenvalue weighted by Crippen LogP contribution is -2.39. The first-order valence-corrected chi connectivity index (χ1v) is 10.0. The van der Waals surface area contributed by atoms with Gasteiger partial charge in [-0.2, -0.15) is 0 Å². The van der Waals surface area contributed by atoms with Crippen LogP contribution in [0, 0.1) is 12.3 Å².